The molecule has 0 aliphatic heterocycles. The Bertz CT molecular complexity index is 1150. The predicted octanol–water partition coefficient (Wildman–Crippen LogP) is 9.71. The van der Waals surface area contributed by atoms with Crippen LogP contribution in [-0.2, 0) is 66.7 Å². The first kappa shape index (κ1) is 61.2. The Labute approximate surface area is 391 Å². The van der Waals surface area contributed by atoms with E-state index in [0.717, 1.165) is 96.3 Å². The molecule has 0 rings (SSSR count). The van der Waals surface area contributed by atoms with Gasteiger partial charge in [-0.15, -0.1) is 0 Å². The van der Waals surface area contributed by atoms with E-state index in [0.29, 0.717) is 71.3 Å². The van der Waals surface area contributed by atoms with Crippen LogP contribution in [0.4, 0.5) is 0 Å². The quantitative estimate of drug-likeness (QED) is 0.0319. The van der Waals surface area contributed by atoms with Crippen LogP contribution >= 0.6 is 0 Å². The molecule has 0 aromatic heterocycles. The summed E-state index contributed by atoms with van der Waals surface area (Å²) in [5.74, 6) is -3.23. The van der Waals surface area contributed by atoms with E-state index in [-0.39, 0.29) is 69.5 Å². The van der Waals surface area contributed by atoms with Crippen LogP contribution in [0.2, 0.25) is 0 Å². The van der Waals surface area contributed by atoms with E-state index >= 15 is 0 Å². The third kappa shape index (κ3) is 40.3. The number of hydrogen-bond donors (Lipinski definition) is 0. The number of carbonyl (C=O) groups excluding carboxylic acids is 7. The van der Waals surface area contributed by atoms with Crippen LogP contribution in [0.15, 0.2) is 0 Å². The van der Waals surface area contributed by atoms with Crippen LogP contribution in [0.1, 0.15) is 207 Å². The molecular formula is C50H89NO14. The summed E-state index contributed by atoms with van der Waals surface area (Å²) in [4.78, 5) is 90.4. The lowest BCUT2D eigenvalue weighted by Crippen LogP contribution is -2.44. The lowest BCUT2D eigenvalue weighted by Gasteiger charge is -2.31. The summed E-state index contributed by atoms with van der Waals surface area (Å²) < 4.78 is 38.6. The predicted molar refractivity (Wildman–Crippen MR) is 249 cm³/mol. The summed E-state index contributed by atoms with van der Waals surface area (Å²) in [7, 11) is 3.78. The second-order valence-electron chi connectivity index (χ2n) is 17.6. The number of nitrogens with zero attached hydrogens (tertiary/aromatic N) is 1. The van der Waals surface area contributed by atoms with Gasteiger partial charge in [0.05, 0.1) is 19.8 Å². The third-order valence-corrected chi connectivity index (χ3v) is 10.7. The molecule has 0 aliphatic carbocycles. The van der Waals surface area contributed by atoms with Gasteiger partial charge < -0.3 is 38.1 Å². The number of hydrogen-bond acceptors (Lipinski definition) is 15. The molecule has 15 nitrogen and oxygen atoms in total. The van der Waals surface area contributed by atoms with Crippen LogP contribution in [-0.4, -0.2) is 114 Å². The molecule has 15 heteroatoms. The molecule has 0 bridgehead atoms. The topological polar surface area (TPSA) is 187 Å². The molecule has 0 aromatic carbocycles. The highest BCUT2D eigenvalue weighted by Crippen LogP contribution is 2.23. The fraction of sp³-hybridized carbons (Fsp3) is 0.860. The van der Waals surface area contributed by atoms with Crippen molar-refractivity contribution in [3.8, 4) is 0 Å². The largest absolute Gasteiger partial charge is 0.466 e. The van der Waals surface area contributed by atoms with E-state index < -0.39 is 49.1 Å². The Morgan fingerprint density at radius 2 is 0.538 bits per heavy atom. The standard InChI is InChI=1S/C50H89NO14/c1-6-9-12-15-24-36-59-43(52)28-18-21-31-46(55)62-39-50(42-65-49(58)34-27-35-51(4)5,40-63-47(56)32-22-19-29-44(53)60-37-25-16-13-10-7-2)41-64-48(57)33-23-20-30-45(54)61-38-26-17-14-11-8-3/h6-42H2,1-5H3. The second kappa shape index (κ2) is 42.9. The van der Waals surface area contributed by atoms with Crippen LogP contribution in [0.3, 0.4) is 0 Å². The molecule has 0 spiro atoms. The highest BCUT2D eigenvalue weighted by atomic mass is 16.6. The monoisotopic (exact) mass is 928 g/mol. The lowest BCUT2D eigenvalue weighted by atomic mass is 9.92. The van der Waals surface area contributed by atoms with Crippen molar-refractivity contribution in [3.05, 3.63) is 0 Å². The molecular weight excluding hydrogens is 839 g/mol. The van der Waals surface area contributed by atoms with Crippen molar-refractivity contribution in [1.29, 1.82) is 0 Å². The lowest BCUT2D eigenvalue weighted by molar-refractivity contribution is -0.171. The Balaban J connectivity index is 5.54. The second-order valence-corrected chi connectivity index (χ2v) is 17.6. The maximum Gasteiger partial charge on any atom is 0.305 e. The molecule has 0 heterocycles. The van der Waals surface area contributed by atoms with Crippen LogP contribution in [0.5, 0.6) is 0 Å². The van der Waals surface area contributed by atoms with Gasteiger partial charge in [-0.2, -0.15) is 0 Å². The normalized spacial score (nSPS) is 11.2. The van der Waals surface area contributed by atoms with Gasteiger partial charge in [-0.25, -0.2) is 0 Å². The summed E-state index contributed by atoms with van der Waals surface area (Å²) in [6.45, 7) is 6.64. The van der Waals surface area contributed by atoms with E-state index in [1.165, 1.54) is 0 Å². The van der Waals surface area contributed by atoms with Crippen molar-refractivity contribution in [1.82, 2.24) is 4.90 Å². The average molecular weight is 928 g/mol. The minimum atomic E-state index is -1.44. The van der Waals surface area contributed by atoms with Crippen LogP contribution < -0.4 is 0 Å². The van der Waals surface area contributed by atoms with E-state index in [1.54, 1.807) is 0 Å². The summed E-state index contributed by atoms with van der Waals surface area (Å²) in [5, 5.41) is 0. The van der Waals surface area contributed by atoms with E-state index in [9.17, 15) is 33.6 Å². The fourth-order valence-corrected chi connectivity index (χ4v) is 6.52. The summed E-state index contributed by atoms with van der Waals surface area (Å²) in [6, 6.07) is 0. The van der Waals surface area contributed by atoms with Gasteiger partial charge >= 0.3 is 41.8 Å². The minimum absolute atomic E-state index is 0.00708. The van der Waals surface area contributed by atoms with E-state index in [1.807, 2.05) is 19.0 Å². The highest BCUT2D eigenvalue weighted by molar-refractivity contribution is 5.72. The van der Waals surface area contributed by atoms with Gasteiger partial charge in [0.15, 0.2) is 0 Å². The number of unbranched alkanes of at least 4 members (excludes halogenated alkanes) is 15. The van der Waals surface area contributed by atoms with Gasteiger partial charge in [-0.1, -0.05) is 97.8 Å². The summed E-state index contributed by atoms with van der Waals surface area (Å²) >= 11 is 0. The molecule has 0 N–H and O–H groups in total. The molecule has 0 fully saturated rings. The van der Waals surface area contributed by atoms with Gasteiger partial charge in [0.2, 0.25) is 0 Å². The van der Waals surface area contributed by atoms with E-state index in [4.69, 9.17) is 33.2 Å². The fourth-order valence-electron chi connectivity index (χ4n) is 6.52. The van der Waals surface area contributed by atoms with Crippen molar-refractivity contribution in [3.63, 3.8) is 0 Å². The molecule has 0 amide bonds. The maximum absolute atomic E-state index is 13.0. The maximum atomic E-state index is 13.0. The van der Waals surface area contributed by atoms with Crippen molar-refractivity contribution >= 4 is 41.8 Å². The summed E-state index contributed by atoms with van der Waals surface area (Å²) in [5.41, 5.74) is -1.44. The first-order valence-electron chi connectivity index (χ1n) is 25.1. The zero-order chi connectivity index (χ0) is 48.2. The van der Waals surface area contributed by atoms with E-state index in [2.05, 4.69) is 20.8 Å². The minimum Gasteiger partial charge on any atom is -0.466 e. The number of esters is 7. The van der Waals surface area contributed by atoms with Crippen LogP contribution in [0, 0.1) is 5.41 Å². The highest BCUT2D eigenvalue weighted by Gasteiger charge is 2.38. The first-order valence-corrected chi connectivity index (χ1v) is 25.1. The van der Waals surface area contributed by atoms with Crippen molar-refractivity contribution in [2.45, 2.75) is 207 Å². The zero-order valence-corrected chi connectivity index (χ0v) is 41.3. The first-order chi connectivity index (χ1) is 31.4. The molecule has 0 atom stereocenters. The molecule has 378 valence electrons. The molecule has 0 aromatic rings. The molecule has 0 aliphatic rings. The average Bonchev–Trinajstić information content (AvgIpc) is 3.28. The Morgan fingerprint density at radius 1 is 0.308 bits per heavy atom. The SMILES string of the molecule is CCCCCCCOC(=O)CCCCC(=O)OCC(COC(=O)CCCCC(=O)OCCCCCCC)(COC(=O)CCCCC(=O)OCCCCCCC)COC(=O)CCCN(C)C. The Morgan fingerprint density at radius 3 is 0.785 bits per heavy atom. The zero-order valence-electron chi connectivity index (χ0n) is 41.3. The Kier molecular flexibility index (Phi) is 40.4. The smallest absolute Gasteiger partial charge is 0.305 e. The van der Waals surface area contributed by atoms with Gasteiger partial charge in [0.1, 0.15) is 31.8 Å². The molecule has 0 saturated heterocycles. The number of carbonyl (C=O) groups is 7. The molecule has 65 heavy (non-hydrogen) atoms. The van der Waals surface area contributed by atoms with Gasteiger partial charge in [-0.3, -0.25) is 33.6 Å². The van der Waals surface area contributed by atoms with Gasteiger partial charge in [0, 0.05) is 44.9 Å². The van der Waals surface area contributed by atoms with Gasteiger partial charge in [0.25, 0.3) is 0 Å². The molecule has 0 saturated carbocycles. The van der Waals surface area contributed by atoms with Crippen molar-refractivity contribution in [2.75, 3.05) is 66.9 Å². The molecule has 0 radical (unpaired) electrons. The molecule has 0 unspecified atom stereocenters. The van der Waals surface area contributed by atoms with Crippen molar-refractivity contribution in [2.24, 2.45) is 5.41 Å². The van der Waals surface area contributed by atoms with Crippen LogP contribution in [0.25, 0.3) is 0 Å². The number of rotatable bonds is 45. The third-order valence-electron chi connectivity index (χ3n) is 10.7. The van der Waals surface area contributed by atoms with Gasteiger partial charge in [-0.05, 0) is 84.8 Å². The number of ether oxygens (including phenoxy) is 7. The van der Waals surface area contributed by atoms with Crippen molar-refractivity contribution < 1.29 is 66.7 Å². The Hall–Kier alpha value is -3.75. The summed E-state index contributed by atoms with van der Waals surface area (Å²) in [6.07, 6.45) is 19.2.